The van der Waals surface area contributed by atoms with Crippen LogP contribution in [0.15, 0.2) is 52.1 Å². The fourth-order valence-corrected chi connectivity index (χ4v) is 4.52. The number of aromatic hydroxyl groups is 1. The highest BCUT2D eigenvalue weighted by Crippen LogP contribution is 2.37. The topological polar surface area (TPSA) is 121 Å². The van der Waals surface area contributed by atoms with Gasteiger partial charge in [0, 0.05) is 23.1 Å². The van der Waals surface area contributed by atoms with Crippen molar-refractivity contribution in [3.8, 4) is 23.1 Å². The van der Waals surface area contributed by atoms with Gasteiger partial charge in [0.1, 0.15) is 17.1 Å². The molecule has 0 radical (unpaired) electrons. The van der Waals surface area contributed by atoms with E-state index < -0.39 is 23.2 Å². The zero-order valence-corrected chi connectivity index (χ0v) is 18.3. The number of aromatic amines is 2. The summed E-state index contributed by atoms with van der Waals surface area (Å²) < 4.78 is 12.1. The Bertz CT molecular complexity index is 1470. The van der Waals surface area contributed by atoms with Gasteiger partial charge >= 0.3 is 5.69 Å². The molecular weight excluding hydrogens is 424 g/mol. The van der Waals surface area contributed by atoms with E-state index in [9.17, 15) is 14.7 Å². The minimum absolute atomic E-state index is 0.0559. The molecule has 0 saturated carbocycles. The molecule has 9 nitrogen and oxygen atoms in total. The molecule has 9 heteroatoms. The standard InChI is InChI=1S/C24H24N4O5/c1-3-33-18-7-5-4-6-17(18)28-23(30)19(22(29)27-24(28)31)21-20-14(10-11-25-21)15-12-13(32-2)8-9-16(15)26-20/h4-9,12,21,25-26,30H,3,10-11H2,1-2H3,(H,27,29,31)/t21-/m1/s1. The molecule has 0 spiro atoms. The summed E-state index contributed by atoms with van der Waals surface area (Å²) in [7, 11) is 1.62. The summed E-state index contributed by atoms with van der Waals surface area (Å²) in [6, 6.07) is 12.0. The van der Waals surface area contributed by atoms with Crippen molar-refractivity contribution in [3.63, 3.8) is 0 Å². The Morgan fingerprint density at radius 3 is 2.76 bits per heavy atom. The second-order valence-electron chi connectivity index (χ2n) is 7.80. The highest BCUT2D eigenvalue weighted by Gasteiger charge is 2.31. The third-order valence-electron chi connectivity index (χ3n) is 5.97. The van der Waals surface area contributed by atoms with Crippen molar-refractivity contribution in [2.75, 3.05) is 20.3 Å². The van der Waals surface area contributed by atoms with Crippen molar-refractivity contribution in [2.24, 2.45) is 0 Å². The zero-order valence-electron chi connectivity index (χ0n) is 18.3. The fraction of sp³-hybridized carbons (Fsp3) is 0.250. The quantitative estimate of drug-likeness (QED) is 0.372. The Kier molecular flexibility index (Phi) is 5.18. The summed E-state index contributed by atoms with van der Waals surface area (Å²) in [6.45, 7) is 2.81. The maximum atomic E-state index is 12.9. The fourth-order valence-electron chi connectivity index (χ4n) is 4.52. The lowest BCUT2D eigenvalue weighted by molar-refractivity contribution is 0.336. The highest BCUT2D eigenvalue weighted by atomic mass is 16.5. The lowest BCUT2D eigenvalue weighted by Gasteiger charge is -2.25. The Morgan fingerprint density at radius 1 is 1.15 bits per heavy atom. The van der Waals surface area contributed by atoms with Crippen LogP contribution in [-0.4, -0.2) is 39.9 Å². The smallest absolute Gasteiger partial charge is 0.335 e. The van der Waals surface area contributed by atoms with E-state index in [1.165, 1.54) is 0 Å². The van der Waals surface area contributed by atoms with Gasteiger partial charge in [0.25, 0.3) is 5.56 Å². The van der Waals surface area contributed by atoms with Gasteiger partial charge in [0.15, 0.2) is 0 Å². The predicted octanol–water partition coefficient (Wildman–Crippen LogP) is 2.36. The van der Waals surface area contributed by atoms with E-state index in [4.69, 9.17) is 9.47 Å². The largest absolute Gasteiger partial charge is 0.497 e. The summed E-state index contributed by atoms with van der Waals surface area (Å²) in [4.78, 5) is 31.4. The van der Waals surface area contributed by atoms with Crippen LogP contribution in [0.25, 0.3) is 16.6 Å². The molecule has 2 aromatic carbocycles. The minimum atomic E-state index is -0.745. The molecule has 170 valence electrons. The van der Waals surface area contributed by atoms with E-state index in [-0.39, 0.29) is 5.56 Å². The number of benzene rings is 2. The van der Waals surface area contributed by atoms with E-state index in [2.05, 4.69) is 15.3 Å². The molecular formula is C24H24N4O5. The SMILES string of the molecule is CCOc1ccccc1-n1c(O)c([C@H]2NCCc3c2[nH]c2ccc(OC)cc32)c(=O)[nH]c1=O. The average Bonchev–Trinajstić information content (AvgIpc) is 3.19. The van der Waals surface area contributed by atoms with Crippen molar-refractivity contribution in [3.05, 3.63) is 80.1 Å². The molecule has 4 aromatic rings. The molecule has 4 N–H and O–H groups in total. The number of methoxy groups -OCH3 is 1. The van der Waals surface area contributed by atoms with E-state index in [1.54, 1.807) is 31.4 Å². The van der Waals surface area contributed by atoms with Crippen LogP contribution in [0.5, 0.6) is 17.4 Å². The van der Waals surface area contributed by atoms with Gasteiger partial charge in [-0.05, 0) is 49.2 Å². The van der Waals surface area contributed by atoms with Crippen molar-refractivity contribution in [1.29, 1.82) is 0 Å². The van der Waals surface area contributed by atoms with Crippen LogP contribution < -0.4 is 26.0 Å². The lowest BCUT2D eigenvalue weighted by atomic mass is 9.95. The van der Waals surface area contributed by atoms with Gasteiger partial charge in [-0.3, -0.25) is 9.78 Å². The van der Waals surface area contributed by atoms with Crippen molar-refractivity contribution in [2.45, 2.75) is 19.4 Å². The number of nitrogens with one attached hydrogen (secondary N) is 3. The van der Waals surface area contributed by atoms with Gasteiger partial charge in [0.2, 0.25) is 5.88 Å². The van der Waals surface area contributed by atoms with Crippen LogP contribution in [0.2, 0.25) is 0 Å². The average molecular weight is 448 g/mol. The highest BCUT2D eigenvalue weighted by molar-refractivity contribution is 5.86. The number of fused-ring (bicyclic) bond motifs is 3. The Morgan fingerprint density at radius 2 is 1.97 bits per heavy atom. The molecule has 5 rings (SSSR count). The number of ether oxygens (including phenoxy) is 2. The molecule has 1 aliphatic rings. The Labute approximate surface area is 188 Å². The van der Waals surface area contributed by atoms with Crippen LogP contribution in [0.1, 0.15) is 29.8 Å². The monoisotopic (exact) mass is 448 g/mol. The third kappa shape index (κ3) is 3.37. The number of nitrogens with zero attached hydrogens (tertiary/aromatic N) is 1. The maximum absolute atomic E-state index is 12.9. The predicted molar refractivity (Wildman–Crippen MR) is 124 cm³/mol. The molecule has 1 aliphatic heterocycles. The van der Waals surface area contributed by atoms with Crippen molar-refractivity contribution in [1.82, 2.24) is 19.9 Å². The summed E-state index contributed by atoms with van der Waals surface area (Å²) in [5.74, 6) is 0.726. The summed E-state index contributed by atoms with van der Waals surface area (Å²) >= 11 is 0. The van der Waals surface area contributed by atoms with Crippen LogP contribution in [0, 0.1) is 0 Å². The second-order valence-corrected chi connectivity index (χ2v) is 7.80. The number of rotatable bonds is 5. The van der Waals surface area contributed by atoms with Gasteiger partial charge in [0.05, 0.1) is 25.4 Å². The van der Waals surface area contributed by atoms with E-state index in [0.29, 0.717) is 24.6 Å². The normalized spacial score (nSPS) is 15.4. The van der Waals surface area contributed by atoms with Gasteiger partial charge in [-0.1, -0.05) is 12.1 Å². The number of para-hydroxylation sites is 2. The zero-order chi connectivity index (χ0) is 23.1. The Balaban J connectivity index is 1.72. The van der Waals surface area contributed by atoms with E-state index in [1.807, 2.05) is 25.1 Å². The number of aromatic nitrogens is 3. The first-order valence-corrected chi connectivity index (χ1v) is 10.8. The van der Waals surface area contributed by atoms with Crippen LogP contribution >= 0.6 is 0 Å². The molecule has 0 saturated heterocycles. The van der Waals surface area contributed by atoms with Crippen LogP contribution in [0.3, 0.4) is 0 Å². The molecule has 0 fully saturated rings. The van der Waals surface area contributed by atoms with Crippen LogP contribution in [-0.2, 0) is 6.42 Å². The number of hydrogen-bond donors (Lipinski definition) is 4. The molecule has 1 atom stereocenters. The van der Waals surface area contributed by atoms with Crippen molar-refractivity contribution < 1.29 is 14.6 Å². The van der Waals surface area contributed by atoms with E-state index in [0.717, 1.165) is 38.9 Å². The molecule has 0 bridgehead atoms. The molecule has 33 heavy (non-hydrogen) atoms. The molecule has 0 amide bonds. The Hall–Kier alpha value is -3.98. The maximum Gasteiger partial charge on any atom is 0.335 e. The molecule has 3 heterocycles. The lowest BCUT2D eigenvalue weighted by Crippen LogP contribution is -2.38. The minimum Gasteiger partial charge on any atom is -0.497 e. The van der Waals surface area contributed by atoms with Crippen LogP contribution in [0.4, 0.5) is 0 Å². The summed E-state index contributed by atoms with van der Waals surface area (Å²) in [5.41, 5.74) is 1.72. The third-order valence-corrected chi connectivity index (χ3v) is 5.97. The van der Waals surface area contributed by atoms with E-state index >= 15 is 0 Å². The summed E-state index contributed by atoms with van der Waals surface area (Å²) in [6.07, 6.45) is 0.741. The first kappa shape index (κ1) is 20.9. The van der Waals surface area contributed by atoms with Gasteiger partial charge in [-0.25, -0.2) is 9.36 Å². The van der Waals surface area contributed by atoms with Gasteiger partial charge < -0.3 is 24.9 Å². The number of H-pyrrole nitrogens is 2. The van der Waals surface area contributed by atoms with Gasteiger partial charge in [-0.2, -0.15) is 0 Å². The first-order valence-electron chi connectivity index (χ1n) is 10.8. The van der Waals surface area contributed by atoms with Crippen molar-refractivity contribution >= 4 is 10.9 Å². The number of hydrogen-bond acceptors (Lipinski definition) is 6. The molecule has 2 aromatic heterocycles. The molecule has 0 aliphatic carbocycles. The summed E-state index contributed by atoms with van der Waals surface area (Å²) in [5, 5.41) is 15.6. The molecule has 0 unspecified atom stereocenters. The first-order chi connectivity index (χ1) is 16.0. The van der Waals surface area contributed by atoms with Gasteiger partial charge in [-0.15, -0.1) is 0 Å². The second kappa shape index (κ2) is 8.18.